The van der Waals surface area contributed by atoms with Gasteiger partial charge >= 0.3 is 0 Å². The molecule has 0 fully saturated rings. The summed E-state index contributed by atoms with van der Waals surface area (Å²) >= 11 is 1.84. The molecule has 0 spiro atoms. The Morgan fingerprint density at radius 3 is 2.80 bits per heavy atom. The zero-order valence-electron chi connectivity index (χ0n) is 10.1. The molecule has 0 aromatic rings. The van der Waals surface area contributed by atoms with Crippen molar-refractivity contribution < 1.29 is 4.79 Å². The number of hydrogen-bond acceptors (Lipinski definition) is 3. The Bertz CT molecular complexity index is 165. The highest BCUT2D eigenvalue weighted by Gasteiger charge is 2.04. The lowest BCUT2D eigenvalue weighted by atomic mass is 10.2. The summed E-state index contributed by atoms with van der Waals surface area (Å²) in [6.07, 6.45) is 5.39. The average Bonchev–Trinajstić information content (AvgIpc) is 2.17. The molecule has 0 aliphatic carbocycles. The lowest BCUT2D eigenvalue weighted by Gasteiger charge is -2.12. The highest BCUT2D eigenvalue weighted by Crippen LogP contribution is 1.94. The highest BCUT2D eigenvalue weighted by atomic mass is 32.2. The molecule has 0 saturated heterocycles. The van der Waals surface area contributed by atoms with Gasteiger partial charge in [0.05, 0.1) is 6.54 Å². The largest absolute Gasteiger partial charge is 0.353 e. The van der Waals surface area contributed by atoms with E-state index in [1.165, 1.54) is 0 Å². The van der Waals surface area contributed by atoms with Gasteiger partial charge in [-0.2, -0.15) is 11.8 Å². The summed E-state index contributed by atoms with van der Waals surface area (Å²) in [5.74, 6) is 1.26. The van der Waals surface area contributed by atoms with Gasteiger partial charge in [0.1, 0.15) is 0 Å². The maximum Gasteiger partial charge on any atom is 0.234 e. The molecule has 15 heavy (non-hydrogen) atoms. The van der Waals surface area contributed by atoms with E-state index in [1.54, 1.807) is 0 Å². The predicted octanol–water partition coefficient (Wildman–Crippen LogP) is 1.63. The number of hydrogen-bond donors (Lipinski definition) is 2. The van der Waals surface area contributed by atoms with Crippen LogP contribution in [0.2, 0.25) is 0 Å². The second-order valence-electron chi connectivity index (χ2n) is 3.78. The molecule has 0 bridgehead atoms. The van der Waals surface area contributed by atoms with Gasteiger partial charge < -0.3 is 10.6 Å². The maximum atomic E-state index is 11.4. The van der Waals surface area contributed by atoms with Crippen LogP contribution in [0.4, 0.5) is 0 Å². The highest BCUT2D eigenvalue weighted by molar-refractivity contribution is 7.98. The summed E-state index contributed by atoms with van der Waals surface area (Å²) in [5, 5.41) is 6.11. The SMILES string of the molecule is CCCC(C)NC(=O)CNCCCSC. The maximum absolute atomic E-state index is 11.4. The average molecular weight is 232 g/mol. The normalized spacial score (nSPS) is 12.5. The topological polar surface area (TPSA) is 41.1 Å². The van der Waals surface area contributed by atoms with Gasteiger partial charge in [0.15, 0.2) is 0 Å². The van der Waals surface area contributed by atoms with E-state index in [-0.39, 0.29) is 5.91 Å². The van der Waals surface area contributed by atoms with Crippen LogP contribution in [-0.4, -0.2) is 37.0 Å². The fraction of sp³-hybridized carbons (Fsp3) is 0.909. The molecular formula is C11H24N2OS. The Morgan fingerprint density at radius 1 is 1.47 bits per heavy atom. The molecule has 0 saturated carbocycles. The van der Waals surface area contributed by atoms with Crippen molar-refractivity contribution in [1.29, 1.82) is 0 Å². The smallest absolute Gasteiger partial charge is 0.234 e. The number of carbonyl (C=O) groups is 1. The van der Waals surface area contributed by atoms with Crippen LogP contribution >= 0.6 is 11.8 Å². The van der Waals surface area contributed by atoms with Gasteiger partial charge in [0.2, 0.25) is 5.91 Å². The first-order chi connectivity index (χ1) is 7.20. The Balaban J connectivity index is 3.32. The van der Waals surface area contributed by atoms with Crippen LogP contribution in [0, 0.1) is 0 Å². The minimum Gasteiger partial charge on any atom is -0.353 e. The zero-order valence-corrected chi connectivity index (χ0v) is 11.0. The first kappa shape index (κ1) is 14.8. The summed E-state index contributed by atoms with van der Waals surface area (Å²) < 4.78 is 0. The van der Waals surface area contributed by atoms with Gasteiger partial charge in [-0.1, -0.05) is 13.3 Å². The number of thioether (sulfide) groups is 1. The van der Waals surface area contributed by atoms with Crippen LogP contribution in [0.3, 0.4) is 0 Å². The van der Waals surface area contributed by atoms with Crippen LogP contribution in [0.1, 0.15) is 33.1 Å². The fourth-order valence-electron chi connectivity index (χ4n) is 1.37. The van der Waals surface area contributed by atoms with Crippen LogP contribution in [-0.2, 0) is 4.79 Å². The summed E-state index contributed by atoms with van der Waals surface area (Å²) in [6, 6.07) is 0.301. The van der Waals surface area contributed by atoms with E-state index in [2.05, 4.69) is 30.7 Å². The lowest BCUT2D eigenvalue weighted by molar-refractivity contribution is -0.120. The number of nitrogens with one attached hydrogen (secondary N) is 2. The van der Waals surface area contributed by atoms with E-state index < -0.39 is 0 Å². The third kappa shape index (κ3) is 10.1. The van der Waals surface area contributed by atoms with Crippen molar-refractivity contribution >= 4 is 17.7 Å². The van der Waals surface area contributed by atoms with E-state index in [0.717, 1.165) is 31.6 Å². The molecule has 0 aliphatic rings. The van der Waals surface area contributed by atoms with E-state index >= 15 is 0 Å². The van der Waals surface area contributed by atoms with Crippen LogP contribution in [0.5, 0.6) is 0 Å². The molecule has 0 aliphatic heterocycles. The fourth-order valence-corrected chi connectivity index (χ4v) is 1.81. The van der Waals surface area contributed by atoms with E-state index in [4.69, 9.17) is 0 Å². The first-order valence-corrected chi connectivity index (χ1v) is 7.09. The molecule has 0 heterocycles. The Morgan fingerprint density at radius 2 is 2.20 bits per heavy atom. The van der Waals surface area contributed by atoms with Gasteiger partial charge in [-0.15, -0.1) is 0 Å². The molecule has 90 valence electrons. The van der Waals surface area contributed by atoms with Crippen LogP contribution < -0.4 is 10.6 Å². The molecule has 0 aromatic heterocycles. The van der Waals surface area contributed by atoms with Gasteiger partial charge in [0.25, 0.3) is 0 Å². The number of carbonyl (C=O) groups excluding carboxylic acids is 1. The van der Waals surface area contributed by atoms with Gasteiger partial charge in [-0.25, -0.2) is 0 Å². The molecule has 4 heteroatoms. The third-order valence-electron chi connectivity index (χ3n) is 2.12. The third-order valence-corrected chi connectivity index (χ3v) is 2.81. The van der Waals surface area contributed by atoms with E-state index in [0.29, 0.717) is 12.6 Å². The van der Waals surface area contributed by atoms with Crippen molar-refractivity contribution in [2.75, 3.05) is 25.1 Å². The number of amides is 1. The van der Waals surface area contributed by atoms with Gasteiger partial charge in [-0.3, -0.25) is 4.79 Å². The van der Waals surface area contributed by atoms with Gasteiger partial charge in [-0.05, 0) is 38.3 Å². The first-order valence-electron chi connectivity index (χ1n) is 5.69. The number of rotatable bonds is 9. The molecule has 0 rings (SSSR count). The molecular weight excluding hydrogens is 208 g/mol. The predicted molar refractivity (Wildman–Crippen MR) is 68.4 cm³/mol. The lowest BCUT2D eigenvalue weighted by Crippen LogP contribution is -2.39. The molecule has 0 aromatic carbocycles. The minimum absolute atomic E-state index is 0.111. The quantitative estimate of drug-likeness (QED) is 0.594. The van der Waals surface area contributed by atoms with Crippen molar-refractivity contribution in [2.24, 2.45) is 0 Å². The summed E-state index contributed by atoms with van der Waals surface area (Å²) in [4.78, 5) is 11.4. The monoisotopic (exact) mass is 232 g/mol. The zero-order chi connectivity index (χ0) is 11.5. The minimum atomic E-state index is 0.111. The van der Waals surface area contributed by atoms with Crippen molar-refractivity contribution in [3.63, 3.8) is 0 Å². The van der Waals surface area contributed by atoms with E-state index in [1.807, 2.05) is 11.8 Å². The molecule has 1 unspecified atom stereocenters. The summed E-state index contributed by atoms with van der Waals surface area (Å²) in [5.41, 5.74) is 0. The van der Waals surface area contributed by atoms with Gasteiger partial charge in [0, 0.05) is 6.04 Å². The van der Waals surface area contributed by atoms with Crippen molar-refractivity contribution in [2.45, 2.75) is 39.2 Å². The van der Waals surface area contributed by atoms with Crippen molar-refractivity contribution in [3.8, 4) is 0 Å². The van der Waals surface area contributed by atoms with Crippen molar-refractivity contribution in [3.05, 3.63) is 0 Å². The van der Waals surface area contributed by atoms with Crippen LogP contribution in [0.25, 0.3) is 0 Å². The molecule has 1 atom stereocenters. The standard InChI is InChI=1S/C11H24N2OS/c1-4-6-10(2)13-11(14)9-12-7-5-8-15-3/h10,12H,4-9H2,1-3H3,(H,13,14). The molecule has 2 N–H and O–H groups in total. The second-order valence-corrected chi connectivity index (χ2v) is 4.77. The van der Waals surface area contributed by atoms with Crippen molar-refractivity contribution in [1.82, 2.24) is 10.6 Å². The van der Waals surface area contributed by atoms with Crippen LogP contribution in [0.15, 0.2) is 0 Å². The Labute approximate surface area is 97.8 Å². The molecule has 1 amide bonds. The summed E-state index contributed by atoms with van der Waals surface area (Å²) in [7, 11) is 0. The molecule has 3 nitrogen and oxygen atoms in total. The van der Waals surface area contributed by atoms with E-state index in [9.17, 15) is 4.79 Å². The molecule has 0 radical (unpaired) electrons. The Kier molecular flexibility index (Phi) is 10.2. The second kappa shape index (κ2) is 10.3. The Hall–Kier alpha value is -0.220. The summed E-state index contributed by atoms with van der Waals surface area (Å²) in [6.45, 7) is 5.55.